The molecule has 82 valence electrons. The van der Waals surface area contributed by atoms with Crippen LogP contribution in [0.25, 0.3) is 0 Å². The van der Waals surface area contributed by atoms with Gasteiger partial charge in [0.1, 0.15) is 5.75 Å². The van der Waals surface area contributed by atoms with E-state index in [1.807, 2.05) is 0 Å². The van der Waals surface area contributed by atoms with E-state index in [1.165, 1.54) is 6.07 Å². The molecule has 1 saturated heterocycles. The topological polar surface area (TPSA) is 41.5 Å². The lowest BCUT2D eigenvalue weighted by atomic mass is 10.1. The lowest BCUT2D eigenvalue weighted by molar-refractivity contribution is 0.0761. The number of phenols is 1. The van der Waals surface area contributed by atoms with Crippen LogP contribution in [0.2, 0.25) is 10.0 Å². The zero-order chi connectivity index (χ0) is 10.8. The van der Waals surface area contributed by atoms with Crippen molar-refractivity contribution in [1.29, 1.82) is 0 Å². The van der Waals surface area contributed by atoms with Gasteiger partial charge >= 0.3 is 0 Å². The molecule has 2 N–H and O–H groups in total. The molecule has 0 unspecified atom stereocenters. The Labute approximate surface area is 97.9 Å². The highest BCUT2D eigenvalue weighted by Gasteiger charge is 2.21. The summed E-state index contributed by atoms with van der Waals surface area (Å²) in [6.45, 7) is 1.94. The van der Waals surface area contributed by atoms with Crippen LogP contribution in [0.3, 0.4) is 0 Å². The highest BCUT2D eigenvalue weighted by Crippen LogP contribution is 2.35. The second kappa shape index (κ2) is 4.58. The molecule has 1 atom stereocenters. The minimum absolute atomic E-state index is 0.0662. The molecule has 3 nitrogen and oxygen atoms in total. The number of ether oxygens (including phenoxy) is 1. The molecule has 0 spiro atoms. The summed E-state index contributed by atoms with van der Waals surface area (Å²) in [5, 5.41) is 13.9. The summed E-state index contributed by atoms with van der Waals surface area (Å²) < 4.78 is 5.31. The summed E-state index contributed by atoms with van der Waals surface area (Å²) in [4.78, 5) is 0. The van der Waals surface area contributed by atoms with Gasteiger partial charge in [0.25, 0.3) is 0 Å². The minimum atomic E-state index is -0.0662. The van der Waals surface area contributed by atoms with E-state index in [2.05, 4.69) is 5.32 Å². The van der Waals surface area contributed by atoms with Crippen LogP contribution in [0.1, 0.15) is 11.6 Å². The van der Waals surface area contributed by atoms with Crippen molar-refractivity contribution >= 4 is 23.2 Å². The van der Waals surface area contributed by atoms with Crippen LogP contribution >= 0.6 is 23.2 Å². The van der Waals surface area contributed by atoms with E-state index in [-0.39, 0.29) is 11.8 Å². The number of halogens is 2. The van der Waals surface area contributed by atoms with Crippen LogP contribution in [0, 0.1) is 0 Å². The van der Waals surface area contributed by atoms with Gasteiger partial charge in [0.05, 0.1) is 24.3 Å². The number of aromatic hydroxyl groups is 1. The number of hydrogen-bond donors (Lipinski definition) is 2. The fraction of sp³-hybridized carbons (Fsp3) is 0.400. The number of hydrogen-bond acceptors (Lipinski definition) is 3. The van der Waals surface area contributed by atoms with Crippen molar-refractivity contribution < 1.29 is 9.84 Å². The van der Waals surface area contributed by atoms with Crippen molar-refractivity contribution in [2.45, 2.75) is 6.04 Å². The average molecular weight is 248 g/mol. The predicted molar refractivity (Wildman–Crippen MR) is 59.7 cm³/mol. The second-order valence-corrected chi connectivity index (χ2v) is 4.25. The fourth-order valence-corrected chi connectivity index (χ4v) is 2.28. The van der Waals surface area contributed by atoms with Crippen LogP contribution in [0.4, 0.5) is 0 Å². The Morgan fingerprint density at radius 2 is 2.20 bits per heavy atom. The van der Waals surface area contributed by atoms with Crippen molar-refractivity contribution in [3.63, 3.8) is 0 Å². The lowest BCUT2D eigenvalue weighted by Gasteiger charge is -2.25. The van der Waals surface area contributed by atoms with E-state index in [9.17, 15) is 5.11 Å². The first-order chi connectivity index (χ1) is 7.18. The van der Waals surface area contributed by atoms with Crippen molar-refractivity contribution in [3.8, 4) is 5.75 Å². The minimum Gasteiger partial charge on any atom is -0.507 e. The summed E-state index contributed by atoms with van der Waals surface area (Å²) in [5.41, 5.74) is 0.653. The molecule has 0 bridgehead atoms. The zero-order valence-corrected chi connectivity index (χ0v) is 9.48. The molecule has 1 heterocycles. The molecule has 1 aliphatic rings. The molecule has 0 amide bonds. The molecule has 5 heteroatoms. The zero-order valence-electron chi connectivity index (χ0n) is 7.96. The van der Waals surface area contributed by atoms with Gasteiger partial charge in [-0.15, -0.1) is 0 Å². The van der Waals surface area contributed by atoms with E-state index >= 15 is 0 Å². The lowest BCUT2D eigenvalue weighted by Crippen LogP contribution is -2.34. The first-order valence-corrected chi connectivity index (χ1v) is 5.43. The highest BCUT2D eigenvalue weighted by molar-refractivity contribution is 6.35. The fourth-order valence-electron chi connectivity index (χ4n) is 1.67. The Bertz CT molecular complexity index is 341. The molecule has 0 aliphatic carbocycles. The molecular formula is C10H11Cl2NO2. The van der Waals surface area contributed by atoms with Crippen LogP contribution in [-0.2, 0) is 4.74 Å². The van der Waals surface area contributed by atoms with Gasteiger partial charge in [0.2, 0.25) is 0 Å². The van der Waals surface area contributed by atoms with Crippen LogP contribution in [0.5, 0.6) is 5.75 Å². The van der Waals surface area contributed by atoms with Gasteiger partial charge in [-0.05, 0) is 12.1 Å². The van der Waals surface area contributed by atoms with E-state index in [0.717, 1.165) is 6.54 Å². The Balaban J connectivity index is 2.33. The third kappa shape index (κ3) is 2.37. The van der Waals surface area contributed by atoms with Crippen LogP contribution in [-0.4, -0.2) is 24.9 Å². The normalized spacial score (nSPS) is 21.6. The molecule has 1 aliphatic heterocycles. The van der Waals surface area contributed by atoms with Crippen LogP contribution in [0.15, 0.2) is 12.1 Å². The highest BCUT2D eigenvalue weighted by atomic mass is 35.5. The molecule has 1 aromatic rings. The molecule has 0 radical (unpaired) electrons. The molecule has 1 fully saturated rings. The number of phenolic OH excluding ortho intramolecular Hbond substituents is 1. The summed E-state index contributed by atoms with van der Waals surface area (Å²) in [6.07, 6.45) is 0. The maximum atomic E-state index is 9.76. The Morgan fingerprint density at radius 1 is 1.40 bits per heavy atom. The summed E-state index contributed by atoms with van der Waals surface area (Å²) in [6, 6.07) is 3.04. The monoisotopic (exact) mass is 247 g/mol. The van der Waals surface area contributed by atoms with E-state index in [1.54, 1.807) is 6.07 Å². The van der Waals surface area contributed by atoms with Crippen molar-refractivity contribution in [1.82, 2.24) is 5.32 Å². The van der Waals surface area contributed by atoms with Crippen LogP contribution < -0.4 is 5.32 Å². The number of benzene rings is 1. The van der Waals surface area contributed by atoms with E-state index < -0.39 is 0 Å². The number of rotatable bonds is 1. The summed E-state index contributed by atoms with van der Waals surface area (Å²) in [7, 11) is 0. The van der Waals surface area contributed by atoms with Crippen molar-refractivity contribution in [2.24, 2.45) is 0 Å². The first kappa shape index (κ1) is 11.0. The Morgan fingerprint density at radius 3 is 2.80 bits per heavy atom. The average Bonchev–Trinajstić information content (AvgIpc) is 2.17. The SMILES string of the molecule is Oc1cc(Cl)cc(Cl)c1[C@@H]1COCCN1. The van der Waals surface area contributed by atoms with Gasteiger partial charge in [-0.2, -0.15) is 0 Å². The summed E-state index contributed by atoms with van der Waals surface area (Å²) >= 11 is 11.8. The summed E-state index contributed by atoms with van der Waals surface area (Å²) in [5.74, 6) is 0.107. The number of nitrogens with one attached hydrogen (secondary N) is 1. The number of morpholine rings is 1. The maximum absolute atomic E-state index is 9.76. The van der Waals surface area contributed by atoms with Gasteiger partial charge in [-0.1, -0.05) is 23.2 Å². The molecule has 0 saturated carbocycles. The Hall–Kier alpha value is -0.480. The third-order valence-corrected chi connectivity index (χ3v) is 2.87. The molecule has 0 aromatic heterocycles. The van der Waals surface area contributed by atoms with Gasteiger partial charge in [-0.3, -0.25) is 0 Å². The Kier molecular flexibility index (Phi) is 3.36. The van der Waals surface area contributed by atoms with Gasteiger partial charge in [-0.25, -0.2) is 0 Å². The largest absolute Gasteiger partial charge is 0.507 e. The van der Waals surface area contributed by atoms with E-state index in [0.29, 0.717) is 28.8 Å². The van der Waals surface area contributed by atoms with E-state index in [4.69, 9.17) is 27.9 Å². The molecule has 2 rings (SSSR count). The maximum Gasteiger partial charge on any atom is 0.123 e. The van der Waals surface area contributed by atoms with Crippen molar-refractivity contribution in [2.75, 3.05) is 19.8 Å². The second-order valence-electron chi connectivity index (χ2n) is 3.40. The molecule has 15 heavy (non-hydrogen) atoms. The van der Waals surface area contributed by atoms with Gasteiger partial charge in [0.15, 0.2) is 0 Å². The molecular weight excluding hydrogens is 237 g/mol. The van der Waals surface area contributed by atoms with Gasteiger partial charge in [0, 0.05) is 17.1 Å². The van der Waals surface area contributed by atoms with Crippen molar-refractivity contribution in [3.05, 3.63) is 27.7 Å². The predicted octanol–water partition coefficient (Wildman–Crippen LogP) is 2.36. The smallest absolute Gasteiger partial charge is 0.123 e. The van der Waals surface area contributed by atoms with Gasteiger partial charge < -0.3 is 15.2 Å². The third-order valence-electron chi connectivity index (χ3n) is 2.34. The quantitative estimate of drug-likeness (QED) is 0.801. The standard InChI is InChI=1S/C10H11Cl2NO2/c11-6-3-7(12)10(9(14)4-6)8-5-15-2-1-13-8/h3-4,8,13-14H,1-2,5H2/t8-/m0/s1. The first-order valence-electron chi connectivity index (χ1n) is 4.67. The molecule has 1 aromatic carbocycles.